The molecule has 3 unspecified atom stereocenters. The second-order valence-corrected chi connectivity index (χ2v) is 5.85. The van der Waals surface area contributed by atoms with Crippen molar-refractivity contribution in [2.75, 3.05) is 13.1 Å². The molecule has 0 aliphatic heterocycles. The minimum absolute atomic E-state index is 0.286. The second kappa shape index (κ2) is 6.53. The minimum atomic E-state index is -0.325. The van der Waals surface area contributed by atoms with Crippen LogP contribution in [0.2, 0.25) is 0 Å². The maximum atomic E-state index is 10.7. The molecular weight excluding hydrogens is 234 g/mol. The molecule has 0 saturated carbocycles. The zero-order chi connectivity index (χ0) is 13.8. The van der Waals surface area contributed by atoms with E-state index in [9.17, 15) is 5.11 Å². The standard InChI is InChI=1S/C17H27NO/c1-4-13(3)12-18(5-2)16-11-10-14-8-6-7-9-15(14)17(16)19/h6-9,13,16-17,19H,4-5,10-12H2,1-3H3. The molecule has 2 heteroatoms. The first-order chi connectivity index (χ1) is 9.17. The largest absolute Gasteiger partial charge is 0.387 e. The van der Waals surface area contributed by atoms with Crippen molar-refractivity contribution in [3.05, 3.63) is 35.4 Å². The Balaban J connectivity index is 2.13. The van der Waals surface area contributed by atoms with Crippen LogP contribution in [-0.4, -0.2) is 29.1 Å². The van der Waals surface area contributed by atoms with E-state index in [-0.39, 0.29) is 12.1 Å². The highest BCUT2D eigenvalue weighted by Gasteiger charge is 2.31. The van der Waals surface area contributed by atoms with Gasteiger partial charge in [-0.3, -0.25) is 4.90 Å². The smallest absolute Gasteiger partial charge is 0.0947 e. The van der Waals surface area contributed by atoms with Crippen LogP contribution in [0.15, 0.2) is 24.3 Å². The number of aliphatic hydroxyl groups is 1. The van der Waals surface area contributed by atoms with E-state index in [0.717, 1.165) is 31.5 Å². The third-order valence-electron chi connectivity index (χ3n) is 4.57. The number of rotatable bonds is 5. The molecule has 106 valence electrons. The van der Waals surface area contributed by atoms with Gasteiger partial charge in [0.15, 0.2) is 0 Å². The van der Waals surface area contributed by atoms with Crippen LogP contribution in [-0.2, 0) is 6.42 Å². The Labute approximate surface area is 117 Å². The third kappa shape index (κ3) is 3.18. The Morgan fingerprint density at radius 1 is 1.32 bits per heavy atom. The summed E-state index contributed by atoms with van der Waals surface area (Å²) in [6.45, 7) is 8.86. The van der Waals surface area contributed by atoms with Crippen molar-refractivity contribution in [3.8, 4) is 0 Å². The van der Waals surface area contributed by atoms with Gasteiger partial charge in [-0.25, -0.2) is 0 Å². The minimum Gasteiger partial charge on any atom is -0.387 e. The molecule has 19 heavy (non-hydrogen) atoms. The summed E-state index contributed by atoms with van der Waals surface area (Å²) in [6, 6.07) is 8.63. The van der Waals surface area contributed by atoms with Crippen molar-refractivity contribution in [2.24, 2.45) is 5.92 Å². The number of aryl methyl sites for hydroxylation is 1. The van der Waals surface area contributed by atoms with Crippen LogP contribution in [0.5, 0.6) is 0 Å². The van der Waals surface area contributed by atoms with Crippen LogP contribution in [0.25, 0.3) is 0 Å². The summed E-state index contributed by atoms with van der Waals surface area (Å²) in [5, 5.41) is 10.7. The molecule has 2 nitrogen and oxygen atoms in total. The van der Waals surface area contributed by atoms with Crippen molar-refractivity contribution in [1.29, 1.82) is 0 Å². The third-order valence-corrected chi connectivity index (χ3v) is 4.57. The number of aliphatic hydroxyl groups excluding tert-OH is 1. The van der Waals surface area contributed by atoms with Crippen molar-refractivity contribution < 1.29 is 5.11 Å². The lowest BCUT2D eigenvalue weighted by molar-refractivity contribution is 0.0313. The van der Waals surface area contributed by atoms with E-state index in [1.807, 2.05) is 6.07 Å². The van der Waals surface area contributed by atoms with Crippen molar-refractivity contribution in [2.45, 2.75) is 52.2 Å². The van der Waals surface area contributed by atoms with E-state index in [1.54, 1.807) is 0 Å². The zero-order valence-electron chi connectivity index (χ0n) is 12.5. The fraction of sp³-hybridized carbons (Fsp3) is 0.647. The van der Waals surface area contributed by atoms with E-state index >= 15 is 0 Å². The van der Waals surface area contributed by atoms with Gasteiger partial charge in [0, 0.05) is 12.6 Å². The fourth-order valence-electron chi connectivity index (χ4n) is 3.13. The number of hydrogen-bond acceptors (Lipinski definition) is 2. The number of benzene rings is 1. The van der Waals surface area contributed by atoms with Crippen LogP contribution in [0.1, 0.15) is 50.8 Å². The normalized spacial score (nSPS) is 24.3. The predicted octanol–water partition coefficient (Wildman–Crippen LogP) is 3.40. The topological polar surface area (TPSA) is 23.5 Å². The molecule has 0 spiro atoms. The lowest BCUT2D eigenvalue weighted by atomic mass is 9.84. The predicted molar refractivity (Wildman–Crippen MR) is 80.2 cm³/mol. The number of fused-ring (bicyclic) bond motifs is 1. The van der Waals surface area contributed by atoms with Gasteiger partial charge in [0.2, 0.25) is 0 Å². The first kappa shape index (κ1) is 14.5. The molecule has 2 rings (SSSR count). The second-order valence-electron chi connectivity index (χ2n) is 5.85. The van der Waals surface area contributed by atoms with E-state index in [0.29, 0.717) is 5.92 Å². The number of nitrogens with zero attached hydrogens (tertiary/aromatic N) is 1. The lowest BCUT2D eigenvalue weighted by Gasteiger charge is -2.39. The first-order valence-corrected chi connectivity index (χ1v) is 7.67. The molecule has 3 atom stereocenters. The number of hydrogen-bond donors (Lipinski definition) is 1. The van der Waals surface area contributed by atoms with Gasteiger partial charge in [0.25, 0.3) is 0 Å². The highest BCUT2D eigenvalue weighted by molar-refractivity contribution is 5.32. The Morgan fingerprint density at radius 2 is 2.05 bits per heavy atom. The molecule has 1 N–H and O–H groups in total. The SMILES string of the molecule is CCC(C)CN(CC)C1CCc2ccccc2C1O. The summed E-state index contributed by atoms with van der Waals surface area (Å²) in [5.41, 5.74) is 2.46. The molecule has 0 amide bonds. The molecule has 0 radical (unpaired) electrons. The Bertz CT molecular complexity index is 404. The van der Waals surface area contributed by atoms with Crippen molar-refractivity contribution in [1.82, 2.24) is 4.90 Å². The first-order valence-electron chi connectivity index (χ1n) is 7.67. The van der Waals surface area contributed by atoms with Crippen LogP contribution in [0.4, 0.5) is 0 Å². The summed E-state index contributed by atoms with van der Waals surface area (Å²) >= 11 is 0. The van der Waals surface area contributed by atoms with Crippen molar-refractivity contribution in [3.63, 3.8) is 0 Å². The Morgan fingerprint density at radius 3 is 2.74 bits per heavy atom. The highest BCUT2D eigenvalue weighted by Crippen LogP contribution is 2.33. The van der Waals surface area contributed by atoms with E-state index < -0.39 is 0 Å². The molecule has 1 aromatic rings. The molecule has 1 aliphatic carbocycles. The summed E-state index contributed by atoms with van der Waals surface area (Å²) < 4.78 is 0. The molecule has 0 saturated heterocycles. The monoisotopic (exact) mass is 261 g/mol. The molecule has 1 aromatic carbocycles. The lowest BCUT2D eigenvalue weighted by Crippen LogP contribution is -2.44. The fourth-order valence-corrected chi connectivity index (χ4v) is 3.13. The molecule has 0 bridgehead atoms. The van der Waals surface area contributed by atoms with Gasteiger partial charge in [-0.1, -0.05) is 51.5 Å². The highest BCUT2D eigenvalue weighted by atomic mass is 16.3. The summed E-state index contributed by atoms with van der Waals surface area (Å²) in [5.74, 6) is 0.698. The quantitative estimate of drug-likeness (QED) is 0.878. The van der Waals surface area contributed by atoms with Gasteiger partial charge in [0.1, 0.15) is 0 Å². The summed E-state index contributed by atoms with van der Waals surface area (Å²) in [4.78, 5) is 2.47. The van der Waals surface area contributed by atoms with E-state index in [2.05, 4.69) is 43.9 Å². The summed E-state index contributed by atoms with van der Waals surface area (Å²) in [7, 11) is 0. The average Bonchev–Trinajstić information content (AvgIpc) is 2.45. The van der Waals surface area contributed by atoms with Gasteiger partial charge in [-0.15, -0.1) is 0 Å². The van der Waals surface area contributed by atoms with Gasteiger partial charge in [-0.2, -0.15) is 0 Å². The van der Waals surface area contributed by atoms with Crippen molar-refractivity contribution >= 4 is 0 Å². The van der Waals surface area contributed by atoms with Gasteiger partial charge in [0.05, 0.1) is 6.10 Å². The maximum Gasteiger partial charge on any atom is 0.0947 e. The van der Waals surface area contributed by atoms with Crippen LogP contribution < -0.4 is 0 Å². The zero-order valence-corrected chi connectivity index (χ0v) is 12.5. The van der Waals surface area contributed by atoms with Gasteiger partial charge < -0.3 is 5.11 Å². The van der Waals surface area contributed by atoms with Gasteiger partial charge in [-0.05, 0) is 36.4 Å². The molecule has 0 aromatic heterocycles. The maximum absolute atomic E-state index is 10.7. The summed E-state index contributed by atoms with van der Waals surface area (Å²) in [6.07, 6.45) is 3.04. The average molecular weight is 261 g/mol. The molecular formula is C17H27NO. The molecule has 0 fully saturated rings. The van der Waals surface area contributed by atoms with E-state index in [1.165, 1.54) is 12.0 Å². The molecule has 0 heterocycles. The van der Waals surface area contributed by atoms with Crippen LogP contribution >= 0.6 is 0 Å². The number of likely N-dealkylation sites (N-methyl/N-ethyl adjacent to an activating group) is 1. The molecule has 1 aliphatic rings. The van der Waals surface area contributed by atoms with Crippen LogP contribution in [0.3, 0.4) is 0 Å². The Kier molecular flexibility index (Phi) is 5.00. The Hall–Kier alpha value is -0.860. The van der Waals surface area contributed by atoms with E-state index in [4.69, 9.17) is 0 Å². The van der Waals surface area contributed by atoms with Gasteiger partial charge >= 0.3 is 0 Å². The van der Waals surface area contributed by atoms with Crippen LogP contribution in [0, 0.1) is 5.92 Å².